The number of anilines is 2. The van der Waals surface area contributed by atoms with Crippen LogP contribution in [0.3, 0.4) is 0 Å². The number of nitrogens with zero attached hydrogens (tertiary/aromatic N) is 1. The molecule has 4 nitrogen and oxygen atoms in total. The largest absolute Gasteiger partial charge is 0.478 e. The number of benzene rings is 1. The Morgan fingerprint density at radius 2 is 2.11 bits per heavy atom. The van der Waals surface area contributed by atoms with Crippen molar-refractivity contribution in [1.82, 2.24) is 4.98 Å². The van der Waals surface area contributed by atoms with Gasteiger partial charge in [-0.3, -0.25) is 4.98 Å². The number of nitrogens with one attached hydrogen (secondary N) is 1. The van der Waals surface area contributed by atoms with Crippen LogP contribution in [0.4, 0.5) is 15.8 Å². The van der Waals surface area contributed by atoms with E-state index in [-0.39, 0.29) is 22.0 Å². The molecule has 0 aliphatic carbocycles. The standard InChI is InChI=1S/C13H10ClFN2O2/c1-7-4-12(9(6-16-7)13(18)19)17-11-3-2-8(14)5-10(11)15/h2-6H,1H3,(H,16,17)(H,18,19). The molecule has 2 aromatic rings. The highest BCUT2D eigenvalue weighted by Gasteiger charge is 2.12. The molecular formula is C13H10ClFN2O2. The van der Waals surface area contributed by atoms with Gasteiger partial charge in [0.2, 0.25) is 0 Å². The monoisotopic (exact) mass is 280 g/mol. The van der Waals surface area contributed by atoms with Crippen molar-refractivity contribution in [2.45, 2.75) is 6.92 Å². The molecule has 0 radical (unpaired) electrons. The molecule has 0 bridgehead atoms. The van der Waals surface area contributed by atoms with Crippen LogP contribution in [-0.2, 0) is 0 Å². The zero-order chi connectivity index (χ0) is 14.0. The average Bonchev–Trinajstić information content (AvgIpc) is 2.32. The lowest BCUT2D eigenvalue weighted by Gasteiger charge is -2.11. The SMILES string of the molecule is Cc1cc(Nc2ccc(Cl)cc2F)c(C(=O)O)cn1. The maximum absolute atomic E-state index is 13.7. The number of carboxylic acids is 1. The van der Waals surface area contributed by atoms with Gasteiger partial charge in [0.15, 0.2) is 0 Å². The van der Waals surface area contributed by atoms with Crippen molar-refractivity contribution in [3.8, 4) is 0 Å². The highest BCUT2D eigenvalue weighted by molar-refractivity contribution is 6.30. The molecule has 1 aromatic heterocycles. The second-order valence-corrected chi connectivity index (χ2v) is 4.36. The van der Waals surface area contributed by atoms with Crippen molar-refractivity contribution < 1.29 is 14.3 Å². The number of hydrogen-bond acceptors (Lipinski definition) is 3. The fourth-order valence-electron chi connectivity index (χ4n) is 1.57. The Labute approximate surface area is 113 Å². The first-order valence-electron chi connectivity index (χ1n) is 5.39. The van der Waals surface area contributed by atoms with E-state index in [1.165, 1.54) is 24.4 Å². The van der Waals surface area contributed by atoms with Gasteiger partial charge in [-0.2, -0.15) is 0 Å². The van der Waals surface area contributed by atoms with Gasteiger partial charge in [0.05, 0.1) is 11.4 Å². The lowest BCUT2D eigenvalue weighted by atomic mass is 10.2. The fraction of sp³-hybridized carbons (Fsp3) is 0.0769. The number of halogens is 2. The van der Waals surface area contributed by atoms with Crippen LogP contribution in [0.1, 0.15) is 16.1 Å². The van der Waals surface area contributed by atoms with Crippen LogP contribution in [0.25, 0.3) is 0 Å². The molecule has 0 fully saturated rings. The van der Waals surface area contributed by atoms with E-state index in [4.69, 9.17) is 16.7 Å². The Morgan fingerprint density at radius 3 is 2.74 bits per heavy atom. The molecule has 98 valence electrons. The second kappa shape index (κ2) is 5.24. The summed E-state index contributed by atoms with van der Waals surface area (Å²) in [6.45, 7) is 1.72. The van der Waals surface area contributed by atoms with Crippen molar-refractivity contribution >= 4 is 28.9 Å². The van der Waals surface area contributed by atoms with Gasteiger partial charge in [0, 0.05) is 16.9 Å². The van der Waals surface area contributed by atoms with Crippen molar-refractivity contribution in [2.24, 2.45) is 0 Å². The minimum Gasteiger partial charge on any atom is -0.478 e. The number of aromatic carboxylic acids is 1. The Hall–Kier alpha value is -2.14. The molecule has 2 N–H and O–H groups in total. The molecule has 2 rings (SSSR count). The molecule has 1 heterocycles. The van der Waals surface area contributed by atoms with Crippen LogP contribution in [-0.4, -0.2) is 16.1 Å². The van der Waals surface area contributed by atoms with Crippen molar-refractivity contribution in [2.75, 3.05) is 5.32 Å². The zero-order valence-electron chi connectivity index (χ0n) is 9.95. The summed E-state index contributed by atoms with van der Waals surface area (Å²) >= 11 is 5.65. The van der Waals surface area contributed by atoms with E-state index in [0.29, 0.717) is 5.69 Å². The average molecular weight is 281 g/mol. The van der Waals surface area contributed by atoms with Crippen molar-refractivity contribution in [3.05, 3.63) is 52.6 Å². The third kappa shape index (κ3) is 3.00. The smallest absolute Gasteiger partial charge is 0.339 e. The minimum absolute atomic E-state index is 0.0278. The molecular weight excluding hydrogens is 271 g/mol. The van der Waals surface area contributed by atoms with Gasteiger partial charge < -0.3 is 10.4 Å². The van der Waals surface area contributed by atoms with E-state index in [0.717, 1.165) is 6.07 Å². The van der Waals surface area contributed by atoms with Crippen molar-refractivity contribution in [3.63, 3.8) is 0 Å². The molecule has 0 spiro atoms. The van der Waals surface area contributed by atoms with Gasteiger partial charge in [-0.1, -0.05) is 11.6 Å². The van der Waals surface area contributed by atoms with Gasteiger partial charge in [-0.15, -0.1) is 0 Å². The predicted octanol–water partition coefficient (Wildman–Crippen LogP) is 3.62. The molecule has 0 saturated carbocycles. The molecule has 0 aliphatic heterocycles. The van der Waals surface area contributed by atoms with E-state index in [1.807, 2.05) is 0 Å². The van der Waals surface area contributed by atoms with E-state index in [1.54, 1.807) is 6.92 Å². The summed E-state index contributed by atoms with van der Waals surface area (Å²) < 4.78 is 13.7. The molecule has 0 unspecified atom stereocenters. The van der Waals surface area contributed by atoms with Crippen LogP contribution >= 0.6 is 11.6 Å². The lowest BCUT2D eigenvalue weighted by Crippen LogP contribution is -2.05. The summed E-state index contributed by atoms with van der Waals surface area (Å²) in [5.74, 6) is -1.69. The van der Waals surface area contributed by atoms with Crippen LogP contribution in [0, 0.1) is 12.7 Å². The maximum Gasteiger partial charge on any atom is 0.339 e. The third-order valence-corrected chi connectivity index (χ3v) is 2.71. The molecule has 0 amide bonds. The van der Waals surface area contributed by atoms with Gasteiger partial charge in [-0.25, -0.2) is 9.18 Å². The zero-order valence-corrected chi connectivity index (χ0v) is 10.7. The molecule has 6 heteroatoms. The summed E-state index contributed by atoms with van der Waals surface area (Å²) in [5.41, 5.74) is 1.03. The Kier molecular flexibility index (Phi) is 3.66. The van der Waals surface area contributed by atoms with Gasteiger partial charge in [0.25, 0.3) is 0 Å². The number of carbonyl (C=O) groups is 1. The second-order valence-electron chi connectivity index (χ2n) is 3.93. The van der Waals surface area contributed by atoms with Gasteiger partial charge in [-0.05, 0) is 31.2 Å². The number of hydrogen-bond donors (Lipinski definition) is 2. The number of aryl methyl sites for hydroxylation is 1. The first-order chi connectivity index (χ1) is 8.97. The first-order valence-corrected chi connectivity index (χ1v) is 5.77. The maximum atomic E-state index is 13.7. The normalized spacial score (nSPS) is 10.3. The third-order valence-electron chi connectivity index (χ3n) is 2.47. The van der Waals surface area contributed by atoms with Crippen LogP contribution in [0.5, 0.6) is 0 Å². The Bertz CT molecular complexity index is 647. The number of pyridine rings is 1. The number of carboxylic acid groups (broad SMARTS) is 1. The molecule has 19 heavy (non-hydrogen) atoms. The Morgan fingerprint density at radius 1 is 1.37 bits per heavy atom. The summed E-state index contributed by atoms with van der Waals surface area (Å²) in [5, 5.41) is 12.1. The quantitative estimate of drug-likeness (QED) is 0.901. The predicted molar refractivity (Wildman–Crippen MR) is 70.6 cm³/mol. The minimum atomic E-state index is -1.13. The highest BCUT2D eigenvalue weighted by Crippen LogP contribution is 2.25. The molecule has 0 atom stereocenters. The summed E-state index contributed by atoms with van der Waals surface area (Å²) in [4.78, 5) is 15.0. The fourth-order valence-corrected chi connectivity index (χ4v) is 1.73. The number of rotatable bonds is 3. The van der Waals surface area contributed by atoms with Gasteiger partial charge in [0.1, 0.15) is 11.4 Å². The van der Waals surface area contributed by atoms with E-state index in [2.05, 4.69) is 10.3 Å². The molecule has 1 aromatic carbocycles. The summed E-state index contributed by atoms with van der Waals surface area (Å²) in [7, 11) is 0. The molecule has 0 saturated heterocycles. The van der Waals surface area contributed by atoms with E-state index >= 15 is 0 Å². The van der Waals surface area contributed by atoms with Crippen molar-refractivity contribution in [1.29, 1.82) is 0 Å². The molecule has 0 aliphatic rings. The number of aromatic nitrogens is 1. The van der Waals surface area contributed by atoms with Gasteiger partial charge >= 0.3 is 5.97 Å². The summed E-state index contributed by atoms with van der Waals surface area (Å²) in [6.07, 6.45) is 1.23. The highest BCUT2D eigenvalue weighted by atomic mass is 35.5. The summed E-state index contributed by atoms with van der Waals surface area (Å²) in [6, 6.07) is 5.65. The van der Waals surface area contributed by atoms with Crippen LogP contribution in [0.15, 0.2) is 30.5 Å². The van der Waals surface area contributed by atoms with Crippen LogP contribution in [0.2, 0.25) is 5.02 Å². The van der Waals surface area contributed by atoms with E-state index in [9.17, 15) is 9.18 Å². The lowest BCUT2D eigenvalue weighted by molar-refractivity contribution is 0.0697. The Balaban J connectivity index is 2.42. The topological polar surface area (TPSA) is 62.2 Å². The first kappa shape index (κ1) is 13.3. The van der Waals surface area contributed by atoms with E-state index < -0.39 is 11.8 Å². The van der Waals surface area contributed by atoms with Crippen LogP contribution < -0.4 is 5.32 Å².